The molecular weight excluding hydrogens is 354 g/mol. The summed E-state index contributed by atoms with van der Waals surface area (Å²) in [6.45, 7) is 5.76. The van der Waals surface area contributed by atoms with Crippen LogP contribution in [0.25, 0.3) is 10.9 Å². The molecule has 1 aromatic carbocycles. The predicted molar refractivity (Wildman–Crippen MR) is 102 cm³/mol. The number of fused-ring (bicyclic) bond motifs is 1. The average molecular weight is 381 g/mol. The second kappa shape index (κ2) is 8.92. The Morgan fingerprint density at radius 2 is 1.74 bits per heavy atom. The van der Waals surface area contributed by atoms with E-state index < -0.39 is 17.4 Å². The van der Waals surface area contributed by atoms with Crippen LogP contribution in [0, 0.1) is 0 Å². The number of rotatable bonds is 9. The summed E-state index contributed by atoms with van der Waals surface area (Å²) < 4.78 is 16.9. The van der Waals surface area contributed by atoms with Gasteiger partial charge >= 0.3 is 5.69 Å². The van der Waals surface area contributed by atoms with Crippen molar-refractivity contribution in [2.45, 2.75) is 26.5 Å². The van der Waals surface area contributed by atoms with E-state index in [0.717, 1.165) is 17.7 Å². The number of ether oxygens (including phenoxy) is 3. The SMILES string of the molecule is CCN(CC)CC(O)Cn1c(=O)[nH]c2c(OC)c(OC)c(OC)cc2c1=O. The lowest BCUT2D eigenvalue weighted by molar-refractivity contribution is 0.101. The van der Waals surface area contributed by atoms with Crippen LogP contribution in [0.15, 0.2) is 15.7 Å². The van der Waals surface area contributed by atoms with Crippen LogP contribution >= 0.6 is 0 Å². The first-order valence-corrected chi connectivity index (χ1v) is 8.77. The van der Waals surface area contributed by atoms with Crippen molar-refractivity contribution in [2.24, 2.45) is 0 Å². The van der Waals surface area contributed by atoms with E-state index in [1.807, 2.05) is 18.7 Å². The Bertz CT molecular complexity index is 901. The van der Waals surface area contributed by atoms with E-state index in [9.17, 15) is 14.7 Å². The number of aromatic nitrogens is 2. The normalized spacial score (nSPS) is 12.4. The molecule has 0 spiro atoms. The van der Waals surface area contributed by atoms with Crippen molar-refractivity contribution in [1.82, 2.24) is 14.5 Å². The number of hydrogen-bond donors (Lipinski definition) is 2. The molecule has 1 unspecified atom stereocenters. The summed E-state index contributed by atoms with van der Waals surface area (Å²) in [5, 5.41) is 10.5. The summed E-state index contributed by atoms with van der Waals surface area (Å²) in [6.07, 6.45) is -0.858. The van der Waals surface area contributed by atoms with Crippen molar-refractivity contribution in [3.8, 4) is 17.2 Å². The monoisotopic (exact) mass is 381 g/mol. The number of likely N-dealkylation sites (N-methyl/N-ethyl adjacent to an activating group) is 1. The van der Waals surface area contributed by atoms with Crippen molar-refractivity contribution in [3.05, 3.63) is 26.9 Å². The van der Waals surface area contributed by atoms with E-state index in [4.69, 9.17) is 14.2 Å². The zero-order chi connectivity index (χ0) is 20.1. The maximum atomic E-state index is 12.9. The summed E-state index contributed by atoms with van der Waals surface area (Å²) in [5.41, 5.74) is -0.942. The van der Waals surface area contributed by atoms with Crippen LogP contribution in [0.5, 0.6) is 17.2 Å². The van der Waals surface area contributed by atoms with Crippen molar-refractivity contribution in [3.63, 3.8) is 0 Å². The standard InChI is InChI=1S/C18H27N3O6/c1-6-20(7-2)9-11(22)10-21-17(23)12-8-13(25-3)15(26-4)16(27-5)14(12)19-18(21)24/h8,11,22H,6-7,9-10H2,1-5H3,(H,19,24). The molecule has 2 aromatic rings. The molecule has 1 atom stereocenters. The van der Waals surface area contributed by atoms with Gasteiger partial charge in [-0.2, -0.15) is 0 Å². The topological polar surface area (TPSA) is 106 Å². The summed E-state index contributed by atoms with van der Waals surface area (Å²) in [7, 11) is 4.30. The highest BCUT2D eigenvalue weighted by atomic mass is 16.5. The van der Waals surface area contributed by atoms with Gasteiger partial charge < -0.3 is 29.2 Å². The third kappa shape index (κ3) is 4.09. The van der Waals surface area contributed by atoms with Gasteiger partial charge in [0.2, 0.25) is 5.75 Å². The molecule has 9 nitrogen and oxygen atoms in total. The smallest absolute Gasteiger partial charge is 0.329 e. The number of methoxy groups -OCH3 is 3. The molecule has 1 aromatic heterocycles. The van der Waals surface area contributed by atoms with Gasteiger partial charge in [-0.3, -0.25) is 9.36 Å². The van der Waals surface area contributed by atoms with Gasteiger partial charge in [-0.1, -0.05) is 13.8 Å². The van der Waals surface area contributed by atoms with E-state index in [0.29, 0.717) is 12.3 Å². The Hall–Kier alpha value is -2.52. The van der Waals surface area contributed by atoms with Crippen molar-refractivity contribution in [2.75, 3.05) is 41.0 Å². The number of nitrogens with zero attached hydrogens (tertiary/aromatic N) is 2. The van der Waals surface area contributed by atoms with Gasteiger partial charge in [-0.25, -0.2) is 4.79 Å². The van der Waals surface area contributed by atoms with E-state index >= 15 is 0 Å². The molecule has 0 bridgehead atoms. The van der Waals surface area contributed by atoms with Gasteiger partial charge in [0.15, 0.2) is 11.5 Å². The van der Waals surface area contributed by atoms with Crippen molar-refractivity contribution < 1.29 is 19.3 Å². The van der Waals surface area contributed by atoms with Crippen LogP contribution < -0.4 is 25.5 Å². The fourth-order valence-electron chi connectivity index (χ4n) is 3.08. The van der Waals surface area contributed by atoms with Gasteiger partial charge in [-0.05, 0) is 19.2 Å². The molecule has 0 aliphatic carbocycles. The third-order valence-corrected chi connectivity index (χ3v) is 4.54. The quantitative estimate of drug-likeness (QED) is 0.648. The third-order valence-electron chi connectivity index (χ3n) is 4.54. The van der Waals surface area contributed by atoms with Crippen molar-refractivity contribution in [1.29, 1.82) is 0 Å². The van der Waals surface area contributed by atoms with Crippen LogP contribution in [0.3, 0.4) is 0 Å². The fourth-order valence-corrected chi connectivity index (χ4v) is 3.08. The van der Waals surface area contributed by atoms with Gasteiger partial charge in [-0.15, -0.1) is 0 Å². The highest BCUT2D eigenvalue weighted by molar-refractivity contribution is 5.89. The molecule has 0 saturated carbocycles. The second-order valence-electron chi connectivity index (χ2n) is 6.05. The number of aliphatic hydroxyl groups excluding tert-OH is 1. The molecule has 0 aliphatic heterocycles. The van der Waals surface area contributed by atoms with E-state index in [1.54, 1.807) is 0 Å². The van der Waals surface area contributed by atoms with Crippen LogP contribution in [-0.4, -0.2) is 66.6 Å². The first kappa shape index (κ1) is 20.8. The molecule has 9 heteroatoms. The number of nitrogens with one attached hydrogen (secondary N) is 1. The first-order chi connectivity index (χ1) is 12.9. The maximum absolute atomic E-state index is 12.9. The number of benzene rings is 1. The molecule has 0 aliphatic rings. The number of hydrogen-bond acceptors (Lipinski definition) is 7. The Morgan fingerprint density at radius 3 is 2.26 bits per heavy atom. The molecule has 2 rings (SSSR count). The lowest BCUT2D eigenvalue weighted by Gasteiger charge is -2.22. The van der Waals surface area contributed by atoms with Crippen LogP contribution in [0.4, 0.5) is 0 Å². The fraction of sp³-hybridized carbons (Fsp3) is 0.556. The molecular formula is C18H27N3O6. The number of aliphatic hydroxyl groups is 1. The Kier molecular flexibility index (Phi) is 6.86. The minimum absolute atomic E-state index is 0.114. The molecule has 0 radical (unpaired) electrons. The zero-order valence-corrected chi connectivity index (χ0v) is 16.4. The van der Waals surface area contributed by atoms with Gasteiger partial charge in [0.05, 0.1) is 39.4 Å². The minimum Gasteiger partial charge on any atom is -0.493 e. The van der Waals surface area contributed by atoms with Crippen LogP contribution in [-0.2, 0) is 6.54 Å². The summed E-state index contributed by atoms with van der Waals surface area (Å²) in [4.78, 5) is 30.1. The van der Waals surface area contributed by atoms with E-state index in [1.165, 1.54) is 27.4 Å². The maximum Gasteiger partial charge on any atom is 0.329 e. The molecule has 2 N–H and O–H groups in total. The van der Waals surface area contributed by atoms with Crippen LogP contribution in [0.2, 0.25) is 0 Å². The lowest BCUT2D eigenvalue weighted by Crippen LogP contribution is -2.42. The summed E-state index contributed by atoms with van der Waals surface area (Å²) >= 11 is 0. The number of H-pyrrole nitrogens is 1. The molecule has 0 saturated heterocycles. The number of aromatic amines is 1. The van der Waals surface area contributed by atoms with E-state index in [-0.39, 0.29) is 28.9 Å². The zero-order valence-electron chi connectivity index (χ0n) is 16.4. The lowest BCUT2D eigenvalue weighted by atomic mass is 10.2. The first-order valence-electron chi connectivity index (χ1n) is 8.77. The van der Waals surface area contributed by atoms with Gasteiger partial charge in [0.25, 0.3) is 5.56 Å². The molecule has 0 fully saturated rings. The Labute approximate surface area is 157 Å². The molecule has 150 valence electrons. The van der Waals surface area contributed by atoms with Crippen LogP contribution in [0.1, 0.15) is 13.8 Å². The average Bonchev–Trinajstić information content (AvgIpc) is 2.67. The largest absolute Gasteiger partial charge is 0.493 e. The van der Waals surface area contributed by atoms with E-state index in [2.05, 4.69) is 4.98 Å². The van der Waals surface area contributed by atoms with Gasteiger partial charge in [0, 0.05) is 6.54 Å². The predicted octanol–water partition coefficient (Wildman–Crippen LogP) is 0.418. The summed E-state index contributed by atoms with van der Waals surface area (Å²) in [5.74, 6) is 0.792. The Balaban J connectivity index is 2.58. The highest BCUT2D eigenvalue weighted by Crippen LogP contribution is 2.41. The Morgan fingerprint density at radius 1 is 1.11 bits per heavy atom. The van der Waals surface area contributed by atoms with Gasteiger partial charge in [0.1, 0.15) is 5.52 Å². The highest BCUT2D eigenvalue weighted by Gasteiger charge is 2.21. The van der Waals surface area contributed by atoms with Crippen molar-refractivity contribution >= 4 is 10.9 Å². The second-order valence-corrected chi connectivity index (χ2v) is 6.05. The molecule has 0 amide bonds. The summed E-state index contributed by atoms with van der Waals surface area (Å²) in [6, 6.07) is 1.49. The molecule has 27 heavy (non-hydrogen) atoms. The molecule has 1 heterocycles. The minimum atomic E-state index is -0.858.